The molecule has 0 aromatic carbocycles. The number of nitrogens with zero attached hydrogens (tertiary/aromatic N) is 2. The van der Waals surface area contributed by atoms with Gasteiger partial charge in [-0.1, -0.05) is 6.92 Å². The lowest BCUT2D eigenvalue weighted by molar-refractivity contribution is 0.0781. The number of hydrogen-bond acceptors (Lipinski definition) is 3. The van der Waals surface area contributed by atoms with E-state index in [9.17, 15) is 4.79 Å². The van der Waals surface area contributed by atoms with Crippen molar-refractivity contribution in [3.63, 3.8) is 0 Å². The van der Waals surface area contributed by atoms with Gasteiger partial charge in [-0.25, -0.2) is 4.98 Å². The van der Waals surface area contributed by atoms with Crippen LogP contribution >= 0.6 is 15.9 Å². The average molecular weight is 284 g/mol. The summed E-state index contributed by atoms with van der Waals surface area (Å²) in [6, 6.07) is 3.63. The SMILES string of the molecule is CC1CN(C(=O)c2ccc(Br)cn2)CC1N. The molecule has 1 amide bonds. The zero-order valence-corrected chi connectivity index (χ0v) is 10.6. The third-order valence-corrected chi connectivity index (χ3v) is 3.37. The largest absolute Gasteiger partial charge is 0.335 e. The fourth-order valence-corrected chi connectivity index (χ4v) is 2.06. The van der Waals surface area contributed by atoms with Crippen LogP contribution in [0, 0.1) is 5.92 Å². The third kappa shape index (κ3) is 2.25. The monoisotopic (exact) mass is 283 g/mol. The lowest BCUT2D eigenvalue weighted by atomic mass is 10.1. The van der Waals surface area contributed by atoms with Crippen molar-refractivity contribution in [3.8, 4) is 0 Å². The number of likely N-dealkylation sites (tertiary alicyclic amines) is 1. The van der Waals surface area contributed by atoms with Crippen LogP contribution < -0.4 is 5.73 Å². The fraction of sp³-hybridized carbons (Fsp3) is 0.455. The van der Waals surface area contributed by atoms with E-state index in [1.807, 2.05) is 6.07 Å². The molecule has 0 radical (unpaired) electrons. The molecule has 2 rings (SSSR count). The standard InChI is InChI=1S/C11H14BrN3O/c1-7-5-15(6-9(7)13)11(16)10-3-2-8(12)4-14-10/h2-4,7,9H,5-6,13H2,1H3. The molecule has 5 heteroatoms. The number of rotatable bonds is 1. The molecule has 1 aliphatic heterocycles. The lowest BCUT2D eigenvalue weighted by Gasteiger charge is -2.14. The van der Waals surface area contributed by atoms with E-state index in [-0.39, 0.29) is 11.9 Å². The molecule has 2 atom stereocenters. The van der Waals surface area contributed by atoms with E-state index < -0.39 is 0 Å². The maximum absolute atomic E-state index is 12.0. The molecule has 0 spiro atoms. The predicted octanol–water partition coefficient (Wildman–Crippen LogP) is 1.26. The van der Waals surface area contributed by atoms with Crippen LogP contribution in [-0.2, 0) is 0 Å². The highest BCUT2D eigenvalue weighted by molar-refractivity contribution is 9.10. The maximum atomic E-state index is 12.0. The van der Waals surface area contributed by atoms with E-state index in [1.165, 1.54) is 0 Å². The molecule has 0 aliphatic carbocycles. The first-order chi connectivity index (χ1) is 7.58. The first-order valence-electron chi connectivity index (χ1n) is 5.24. The van der Waals surface area contributed by atoms with E-state index in [0.29, 0.717) is 18.2 Å². The number of aromatic nitrogens is 1. The third-order valence-electron chi connectivity index (χ3n) is 2.90. The molecule has 1 fully saturated rings. The second-order valence-corrected chi connectivity index (χ2v) is 5.13. The van der Waals surface area contributed by atoms with Crippen molar-refractivity contribution in [2.24, 2.45) is 11.7 Å². The Bertz CT molecular complexity index is 383. The van der Waals surface area contributed by atoms with Crippen molar-refractivity contribution in [2.45, 2.75) is 13.0 Å². The predicted molar refractivity (Wildman–Crippen MR) is 65.0 cm³/mol. The van der Waals surface area contributed by atoms with Crippen LogP contribution in [0.1, 0.15) is 17.4 Å². The van der Waals surface area contributed by atoms with Crippen LogP contribution in [0.3, 0.4) is 0 Å². The highest BCUT2D eigenvalue weighted by Gasteiger charge is 2.30. The van der Waals surface area contributed by atoms with Gasteiger partial charge in [0.1, 0.15) is 5.69 Å². The van der Waals surface area contributed by atoms with Crippen molar-refractivity contribution >= 4 is 21.8 Å². The molecule has 4 nitrogen and oxygen atoms in total. The Morgan fingerprint density at radius 1 is 1.56 bits per heavy atom. The van der Waals surface area contributed by atoms with Crippen LogP contribution in [0.5, 0.6) is 0 Å². The molecule has 86 valence electrons. The zero-order valence-electron chi connectivity index (χ0n) is 9.06. The number of pyridine rings is 1. The van der Waals surface area contributed by atoms with Crippen molar-refractivity contribution in [3.05, 3.63) is 28.5 Å². The minimum Gasteiger partial charge on any atom is -0.335 e. The highest BCUT2D eigenvalue weighted by Crippen LogP contribution is 2.17. The number of halogens is 1. The van der Waals surface area contributed by atoms with Gasteiger partial charge in [0.05, 0.1) is 0 Å². The Kier molecular flexibility index (Phi) is 3.25. The van der Waals surface area contributed by atoms with Crippen LogP contribution in [0.2, 0.25) is 0 Å². The van der Waals surface area contributed by atoms with Crippen molar-refractivity contribution in [1.29, 1.82) is 0 Å². The summed E-state index contributed by atoms with van der Waals surface area (Å²) in [7, 11) is 0. The second kappa shape index (κ2) is 4.51. The number of nitrogens with two attached hydrogens (primary N) is 1. The molecule has 2 heterocycles. The zero-order chi connectivity index (χ0) is 11.7. The summed E-state index contributed by atoms with van der Waals surface area (Å²) in [6.45, 7) is 3.41. The summed E-state index contributed by atoms with van der Waals surface area (Å²) in [6.07, 6.45) is 1.63. The Balaban J connectivity index is 2.11. The molecule has 0 bridgehead atoms. The maximum Gasteiger partial charge on any atom is 0.272 e. The Labute approximate surface area is 103 Å². The van der Waals surface area contributed by atoms with Crippen LogP contribution in [-0.4, -0.2) is 34.9 Å². The van der Waals surface area contributed by atoms with E-state index >= 15 is 0 Å². The van der Waals surface area contributed by atoms with Gasteiger partial charge in [-0.15, -0.1) is 0 Å². The first kappa shape index (κ1) is 11.5. The number of hydrogen-bond donors (Lipinski definition) is 1. The van der Waals surface area contributed by atoms with Crippen LogP contribution in [0.4, 0.5) is 0 Å². The van der Waals surface area contributed by atoms with Gasteiger partial charge in [0.15, 0.2) is 0 Å². The van der Waals surface area contributed by atoms with Crippen LogP contribution in [0.15, 0.2) is 22.8 Å². The topological polar surface area (TPSA) is 59.2 Å². The lowest BCUT2D eigenvalue weighted by Crippen LogP contribution is -2.32. The quantitative estimate of drug-likeness (QED) is 0.844. The Morgan fingerprint density at radius 3 is 2.81 bits per heavy atom. The normalized spacial score (nSPS) is 24.8. The number of amides is 1. The molecule has 2 N–H and O–H groups in total. The summed E-state index contributed by atoms with van der Waals surface area (Å²) in [5, 5.41) is 0. The van der Waals surface area contributed by atoms with Gasteiger partial charge >= 0.3 is 0 Å². The Hall–Kier alpha value is -0.940. The van der Waals surface area contributed by atoms with E-state index in [4.69, 9.17) is 5.73 Å². The number of carbonyl (C=O) groups is 1. The summed E-state index contributed by atoms with van der Waals surface area (Å²) in [4.78, 5) is 17.9. The van der Waals surface area contributed by atoms with Gasteiger partial charge in [0.25, 0.3) is 5.91 Å². The Morgan fingerprint density at radius 2 is 2.31 bits per heavy atom. The van der Waals surface area contributed by atoms with Crippen molar-refractivity contribution in [1.82, 2.24) is 9.88 Å². The minimum absolute atomic E-state index is 0.0349. The molecule has 16 heavy (non-hydrogen) atoms. The van der Waals surface area contributed by atoms with Gasteiger partial charge in [0, 0.05) is 29.8 Å². The minimum atomic E-state index is -0.0349. The molecule has 1 aromatic rings. The summed E-state index contributed by atoms with van der Waals surface area (Å²) in [5.41, 5.74) is 6.36. The van der Waals surface area contributed by atoms with E-state index in [1.54, 1.807) is 17.2 Å². The summed E-state index contributed by atoms with van der Waals surface area (Å²) < 4.78 is 0.871. The molecular formula is C11H14BrN3O. The van der Waals surface area contributed by atoms with E-state index in [2.05, 4.69) is 27.8 Å². The molecule has 0 saturated carbocycles. The van der Waals surface area contributed by atoms with Crippen molar-refractivity contribution in [2.75, 3.05) is 13.1 Å². The molecule has 1 aliphatic rings. The first-order valence-corrected chi connectivity index (χ1v) is 6.03. The fourth-order valence-electron chi connectivity index (χ4n) is 1.82. The van der Waals surface area contributed by atoms with Crippen molar-refractivity contribution < 1.29 is 4.79 Å². The molecular weight excluding hydrogens is 270 g/mol. The van der Waals surface area contributed by atoms with E-state index in [0.717, 1.165) is 11.0 Å². The molecule has 1 saturated heterocycles. The smallest absolute Gasteiger partial charge is 0.272 e. The second-order valence-electron chi connectivity index (χ2n) is 4.21. The summed E-state index contributed by atoms with van der Waals surface area (Å²) in [5.74, 6) is 0.326. The van der Waals surface area contributed by atoms with Gasteiger partial charge in [-0.05, 0) is 34.0 Å². The summed E-state index contributed by atoms with van der Waals surface area (Å²) >= 11 is 3.29. The number of carbonyl (C=O) groups excluding carboxylic acids is 1. The van der Waals surface area contributed by atoms with Crippen LogP contribution in [0.25, 0.3) is 0 Å². The average Bonchev–Trinajstić information content (AvgIpc) is 2.59. The van der Waals surface area contributed by atoms with Gasteiger partial charge in [-0.3, -0.25) is 4.79 Å². The highest BCUT2D eigenvalue weighted by atomic mass is 79.9. The van der Waals surface area contributed by atoms with Gasteiger partial charge < -0.3 is 10.6 Å². The molecule has 1 aromatic heterocycles. The molecule has 2 unspecified atom stereocenters. The van der Waals surface area contributed by atoms with Gasteiger partial charge in [-0.2, -0.15) is 0 Å². The van der Waals surface area contributed by atoms with Gasteiger partial charge in [0.2, 0.25) is 0 Å².